The zero-order valence-electron chi connectivity index (χ0n) is 12.2. The monoisotopic (exact) mass is 306 g/mol. The molecule has 0 bridgehead atoms. The number of hydrogen-bond donors (Lipinski definition) is 1. The van der Waals surface area contributed by atoms with Crippen LogP contribution in [-0.2, 0) is 6.54 Å². The van der Waals surface area contributed by atoms with E-state index < -0.39 is 0 Å². The number of halogens is 1. The lowest BCUT2D eigenvalue weighted by Crippen LogP contribution is -2.05. The number of hydrogen-bond acceptors (Lipinski definition) is 4. The van der Waals surface area contributed by atoms with E-state index >= 15 is 0 Å². The fourth-order valence-electron chi connectivity index (χ4n) is 1.81. The molecule has 0 amide bonds. The molecule has 1 heterocycles. The van der Waals surface area contributed by atoms with E-state index in [0.717, 1.165) is 12.0 Å². The summed E-state index contributed by atoms with van der Waals surface area (Å²) in [5.74, 6) is 1.68. The summed E-state index contributed by atoms with van der Waals surface area (Å²) in [5, 5.41) is 3.53. The van der Waals surface area contributed by atoms with Gasteiger partial charge in [0, 0.05) is 12.7 Å². The number of nitrogens with zero attached hydrogens (tertiary/aromatic N) is 1. The molecule has 1 N–H and O–H groups in total. The maximum Gasteiger partial charge on any atom is 0.238 e. The van der Waals surface area contributed by atoms with Crippen LogP contribution in [0.3, 0.4) is 0 Å². The van der Waals surface area contributed by atoms with Crippen molar-refractivity contribution in [1.29, 1.82) is 0 Å². The zero-order valence-corrected chi connectivity index (χ0v) is 13.0. The minimum Gasteiger partial charge on any atom is -0.490 e. The van der Waals surface area contributed by atoms with Gasteiger partial charge in [-0.05, 0) is 37.2 Å². The van der Waals surface area contributed by atoms with Crippen molar-refractivity contribution in [2.75, 3.05) is 13.7 Å². The third-order valence-electron chi connectivity index (χ3n) is 2.76. The van der Waals surface area contributed by atoms with Gasteiger partial charge in [-0.2, -0.15) is 0 Å². The van der Waals surface area contributed by atoms with E-state index in [4.69, 9.17) is 21.1 Å². The minimum absolute atomic E-state index is 0.379. The van der Waals surface area contributed by atoms with Gasteiger partial charge in [0.05, 0.1) is 6.61 Å². The van der Waals surface area contributed by atoms with Gasteiger partial charge >= 0.3 is 0 Å². The van der Waals surface area contributed by atoms with Crippen molar-refractivity contribution in [2.45, 2.75) is 19.9 Å². The van der Waals surface area contributed by atoms with Gasteiger partial charge in [-0.25, -0.2) is 4.98 Å². The summed E-state index contributed by atoms with van der Waals surface area (Å²) in [6.07, 6.45) is 2.68. The summed E-state index contributed by atoms with van der Waals surface area (Å²) in [4.78, 5) is 4.26. The van der Waals surface area contributed by atoms with Gasteiger partial charge in [0.25, 0.3) is 0 Å². The number of benzene rings is 1. The van der Waals surface area contributed by atoms with Crippen molar-refractivity contribution < 1.29 is 9.47 Å². The largest absolute Gasteiger partial charge is 0.490 e. The second-order valence-corrected chi connectivity index (χ2v) is 4.97. The normalized spacial score (nSPS) is 10.4. The van der Waals surface area contributed by atoms with Gasteiger partial charge in [0.15, 0.2) is 11.5 Å². The Balaban J connectivity index is 2.18. The van der Waals surface area contributed by atoms with Crippen molar-refractivity contribution in [3.05, 3.63) is 47.1 Å². The highest BCUT2D eigenvalue weighted by atomic mass is 35.5. The van der Waals surface area contributed by atoms with Gasteiger partial charge < -0.3 is 14.8 Å². The lowest BCUT2D eigenvalue weighted by Gasteiger charge is -2.12. The molecule has 21 heavy (non-hydrogen) atoms. The molecule has 1 aromatic carbocycles. The van der Waals surface area contributed by atoms with Gasteiger partial charge in [0.1, 0.15) is 5.02 Å². The second-order valence-electron chi connectivity index (χ2n) is 4.56. The first-order chi connectivity index (χ1) is 10.2. The van der Waals surface area contributed by atoms with E-state index in [9.17, 15) is 0 Å². The Morgan fingerprint density at radius 1 is 1.24 bits per heavy atom. The second kappa shape index (κ2) is 7.86. The SMILES string of the molecule is CCCOc1ccccc1Oc1ncc(CNC)cc1Cl. The molecule has 4 nitrogen and oxygen atoms in total. The molecule has 112 valence electrons. The number of para-hydroxylation sites is 2. The van der Waals surface area contributed by atoms with E-state index in [1.165, 1.54) is 0 Å². The van der Waals surface area contributed by atoms with Gasteiger partial charge in [-0.15, -0.1) is 0 Å². The third-order valence-corrected chi connectivity index (χ3v) is 3.03. The average Bonchev–Trinajstić information content (AvgIpc) is 2.49. The maximum absolute atomic E-state index is 6.22. The molecule has 0 saturated heterocycles. The summed E-state index contributed by atoms with van der Waals surface area (Å²) in [5.41, 5.74) is 1.00. The van der Waals surface area contributed by atoms with Crippen LogP contribution in [0.2, 0.25) is 5.02 Å². The molecule has 0 spiro atoms. The molecule has 0 saturated carbocycles. The lowest BCUT2D eigenvalue weighted by atomic mass is 10.3. The van der Waals surface area contributed by atoms with Crippen molar-refractivity contribution >= 4 is 11.6 Å². The predicted octanol–water partition coefficient (Wildman–Crippen LogP) is 4.04. The molecule has 5 heteroatoms. The van der Waals surface area contributed by atoms with Crippen LogP contribution >= 0.6 is 11.6 Å². The lowest BCUT2D eigenvalue weighted by molar-refractivity contribution is 0.301. The standard InChI is InChI=1S/C16H19ClN2O2/c1-3-8-20-14-6-4-5-7-15(14)21-16-13(17)9-12(10-18-2)11-19-16/h4-7,9,11,18H,3,8,10H2,1-2H3. The first kappa shape index (κ1) is 15.6. The summed E-state index contributed by atoms with van der Waals surface area (Å²) >= 11 is 6.22. The molecule has 0 aliphatic rings. The summed E-state index contributed by atoms with van der Waals surface area (Å²) in [6, 6.07) is 9.34. The van der Waals surface area contributed by atoms with Crippen LogP contribution in [0.1, 0.15) is 18.9 Å². The Labute approximate surface area is 130 Å². The fourth-order valence-corrected chi connectivity index (χ4v) is 2.04. The average molecular weight is 307 g/mol. The highest BCUT2D eigenvalue weighted by molar-refractivity contribution is 6.31. The number of aromatic nitrogens is 1. The Hall–Kier alpha value is -1.78. The van der Waals surface area contributed by atoms with E-state index in [2.05, 4.69) is 17.2 Å². The van der Waals surface area contributed by atoms with E-state index in [-0.39, 0.29) is 0 Å². The van der Waals surface area contributed by atoms with Gasteiger partial charge in [-0.3, -0.25) is 0 Å². The van der Waals surface area contributed by atoms with E-state index in [1.807, 2.05) is 37.4 Å². The summed E-state index contributed by atoms with van der Waals surface area (Å²) in [6.45, 7) is 3.41. The Morgan fingerprint density at radius 2 is 2.00 bits per heavy atom. The quantitative estimate of drug-likeness (QED) is 0.838. The number of rotatable bonds is 7. The first-order valence-electron chi connectivity index (χ1n) is 6.93. The maximum atomic E-state index is 6.22. The van der Waals surface area contributed by atoms with E-state index in [1.54, 1.807) is 6.20 Å². The minimum atomic E-state index is 0.379. The van der Waals surface area contributed by atoms with Crippen molar-refractivity contribution in [3.8, 4) is 17.4 Å². The van der Waals surface area contributed by atoms with Gasteiger partial charge in [0.2, 0.25) is 5.88 Å². The molecule has 0 atom stereocenters. The van der Waals surface area contributed by atoms with Crippen molar-refractivity contribution in [1.82, 2.24) is 10.3 Å². The van der Waals surface area contributed by atoms with Gasteiger partial charge in [-0.1, -0.05) is 30.7 Å². The molecule has 0 aliphatic carbocycles. The van der Waals surface area contributed by atoms with Crippen LogP contribution < -0.4 is 14.8 Å². The zero-order chi connectivity index (χ0) is 15.1. The molecule has 2 aromatic rings. The fraction of sp³-hybridized carbons (Fsp3) is 0.312. The smallest absolute Gasteiger partial charge is 0.238 e. The Morgan fingerprint density at radius 3 is 2.67 bits per heavy atom. The predicted molar refractivity (Wildman–Crippen MR) is 84.3 cm³/mol. The highest BCUT2D eigenvalue weighted by Crippen LogP contribution is 2.33. The van der Waals surface area contributed by atoms with Crippen LogP contribution in [0.4, 0.5) is 0 Å². The van der Waals surface area contributed by atoms with Crippen LogP contribution in [0.5, 0.6) is 17.4 Å². The molecular formula is C16H19ClN2O2. The highest BCUT2D eigenvalue weighted by Gasteiger charge is 2.10. The topological polar surface area (TPSA) is 43.4 Å². The molecule has 0 aliphatic heterocycles. The number of nitrogens with one attached hydrogen (secondary N) is 1. The molecule has 0 fully saturated rings. The molecule has 0 unspecified atom stereocenters. The third kappa shape index (κ3) is 4.34. The number of pyridine rings is 1. The summed E-state index contributed by atoms with van der Waals surface area (Å²) < 4.78 is 11.4. The van der Waals surface area contributed by atoms with Crippen LogP contribution in [-0.4, -0.2) is 18.6 Å². The van der Waals surface area contributed by atoms with E-state index in [0.29, 0.717) is 35.6 Å². The van der Waals surface area contributed by atoms with Crippen molar-refractivity contribution in [3.63, 3.8) is 0 Å². The molecule has 0 radical (unpaired) electrons. The van der Waals surface area contributed by atoms with Crippen LogP contribution in [0.15, 0.2) is 36.5 Å². The summed E-state index contributed by atoms with van der Waals surface area (Å²) in [7, 11) is 1.87. The Kier molecular flexibility index (Phi) is 5.84. The molecular weight excluding hydrogens is 288 g/mol. The number of ether oxygens (including phenoxy) is 2. The Bertz CT molecular complexity index is 590. The molecule has 1 aromatic heterocycles. The first-order valence-corrected chi connectivity index (χ1v) is 7.31. The van der Waals surface area contributed by atoms with Crippen LogP contribution in [0.25, 0.3) is 0 Å². The van der Waals surface area contributed by atoms with Crippen molar-refractivity contribution in [2.24, 2.45) is 0 Å². The van der Waals surface area contributed by atoms with Crippen LogP contribution in [0, 0.1) is 0 Å². The molecule has 2 rings (SSSR count).